The van der Waals surface area contributed by atoms with Gasteiger partial charge in [-0.3, -0.25) is 18.7 Å². The number of piperidine rings is 1. The van der Waals surface area contributed by atoms with Crippen LogP contribution >= 0.6 is 0 Å². The first-order chi connectivity index (χ1) is 19.2. The average Bonchev–Trinajstić information content (AvgIpc) is 3.27. The molecule has 0 spiro atoms. The molecule has 3 aromatic rings. The zero-order valence-corrected chi connectivity index (χ0v) is 24.6. The Morgan fingerprint density at radius 1 is 1.20 bits per heavy atom. The number of ether oxygens (including phenoxy) is 1. The van der Waals surface area contributed by atoms with Crippen molar-refractivity contribution in [3.63, 3.8) is 0 Å². The molecule has 1 atom stereocenters. The van der Waals surface area contributed by atoms with Crippen LogP contribution < -0.4 is 27.2 Å². The highest BCUT2D eigenvalue weighted by atomic mass is 16.6. The van der Waals surface area contributed by atoms with Crippen molar-refractivity contribution in [1.29, 1.82) is 0 Å². The smallest absolute Gasteiger partial charge is 0.407 e. The van der Waals surface area contributed by atoms with Crippen molar-refractivity contribution < 1.29 is 14.3 Å². The van der Waals surface area contributed by atoms with Crippen LogP contribution in [0.2, 0.25) is 0 Å². The molecule has 12 heteroatoms. The molecule has 2 aromatic heterocycles. The van der Waals surface area contributed by atoms with Crippen LogP contribution in [-0.2, 0) is 24.9 Å². The summed E-state index contributed by atoms with van der Waals surface area (Å²) in [6.07, 6.45) is 3.03. The molecule has 3 N–H and O–H groups in total. The molecular weight excluding hydrogens is 526 g/mol. The van der Waals surface area contributed by atoms with Crippen LogP contribution in [0.3, 0.4) is 0 Å². The number of ketones is 1. The van der Waals surface area contributed by atoms with Crippen molar-refractivity contribution in [1.82, 2.24) is 24.0 Å². The number of nitrogens with one attached hydrogen (secondary N) is 1. The maximum absolute atomic E-state index is 13.8. The van der Waals surface area contributed by atoms with Crippen molar-refractivity contribution >= 4 is 34.7 Å². The third kappa shape index (κ3) is 6.69. The maximum atomic E-state index is 13.8. The van der Waals surface area contributed by atoms with Crippen LogP contribution in [-0.4, -0.2) is 55.3 Å². The van der Waals surface area contributed by atoms with Crippen LogP contribution in [0.25, 0.3) is 11.2 Å². The maximum Gasteiger partial charge on any atom is 0.407 e. The van der Waals surface area contributed by atoms with E-state index in [0.29, 0.717) is 36.8 Å². The number of benzene rings is 1. The fraction of sp³-hybridized carbons (Fsp3) is 0.483. The number of rotatable bonds is 7. The van der Waals surface area contributed by atoms with Crippen LogP contribution in [0.5, 0.6) is 0 Å². The lowest BCUT2D eigenvalue weighted by Gasteiger charge is -2.34. The monoisotopic (exact) mass is 565 g/mol. The van der Waals surface area contributed by atoms with Crippen LogP contribution in [0.15, 0.2) is 45.5 Å². The van der Waals surface area contributed by atoms with Gasteiger partial charge in [-0.05, 0) is 59.6 Å². The van der Waals surface area contributed by atoms with Gasteiger partial charge in [0.05, 0.1) is 6.54 Å². The Morgan fingerprint density at radius 2 is 1.93 bits per heavy atom. The van der Waals surface area contributed by atoms with Crippen molar-refractivity contribution in [2.75, 3.05) is 23.7 Å². The molecule has 0 radical (unpaired) electrons. The minimum absolute atomic E-state index is 0.188. The summed E-state index contributed by atoms with van der Waals surface area (Å²) in [5.41, 5.74) is 6.20. The molecule has 1 unspecified atom stereocenters. The number of aromatic nitrogens is 4. The van der Waals surface area contributed by atoms with Crippen molar-refractivity contribution in [3.05, 3.63) is 62.3 Å². The number of nitrogens with two attached hydrogens (primary N) is 1. The van der Waals surface area contributed by atoms with E-state index in [1.807, 2.05) is 45.6 Å². The third-order valence-electron chi connectivity index (χ3n) is 6.83. The zero-order valence-electron chi connectivity index (χ0n) is 24.6. The Morgan fingerprint density at radius 3 is 2.59 bits per heavy atom. The minimum atomic E-state index is -0.638. The second-order valence-electron chi connectivity index (χ2n) is 11.7. The number of carbonyl (C=O) groups excluding carboxylic acids is 2. The summed E-state index contributed by atoms with van der Waals surface area (Å²) in [5, 5.41) is 2.94. The molecular formula is C29H39N7O5. The lowest BCUT2D eigenvalue weighted by molar-refractivity contribution is 0.0499. The number of nitrogen functional groups attached to an aromatic ring is 1. The summed E-state index contributed by atoms with van der Waals surface area (Å²) in [6, 6.07) is 6.24. The van der Waals surface area contributed by atoms with E-state index in [1.54, 1.807) is 22.8 Å². The molecule has 1 fully saturated rings. The SMILES string of the molecule is CC(C)=CCn1c(N2CCCC(NC(=O)OC(C)(C)C)C2)nc2c1c(=O)n(CC(=O)c1cccc(N)c1)c(=O)n2C. The number of amides is 1. The quantitative estimate of drug-likeness (QED) is 0.253. The summed E-state index contributed by atoms with van der Waals surface area (Å²) in [5.74, 6) is 0.110. The minimum Gasteiger partial charge on any atom is -0.444 e. The number of Topliss-reactive ketones (excluding diaryl/α,β-unsaturated/α-hetero) is 1. The van der Waals surface area contributed by atoms with Gasteiger partial charge >= 0.3 is 11.8 Å². The number of hydrogen-bond donors (Lipinski definition) is 2. The number of nitrogens with zero attached hydrogens (tertiary/aromatic N) is 5. The molecule has 12 nitrogen and oxygen atoms in total. The molecule has 0 aliphatic carbocycles. The Balaban J connectivity index is 1.76. The molecule has 1 aromatic carbocycles. The Kier molecular flexibility index (Phi) is 8.41. The molecule has 1 amide bonds. The van der Waals surface area contributed by atoms with Crippen LogP contribution in [0, 0.1) is 0 Å². The fourth-order valence-electron chi connectivity index (χ4n) is 4.89. The number of anilines is 2. The molecule has 4 rings (SSSR count). The third-order valence-corrected chi connectivity index (χ3v) is 6.83. The molecule has 0 saturated carbocycles. The normalized spacial score (nSPS) is 15.6. The predicted octanol–water partition coefficient (Wildman–Crippen LogP) is 2.82. The van der Waals surface area contributed by atoms with Crippen LogP contribution in [0.4, 0.5) is 16.4 Å². The standard InChI is InChI=1S/C29H39N7O5/c1-18(2)12-14-35-23-24(32-26(35)34-13-8-11-21(16-34)31-27(39)41-29(3,4)5)33(6)28(40)36(25(23)38)17-22(37)19-9-7-10-20(30)15-19/h7,9-10,12,15,21H,8,11,13-14,16-17,30H2,1-6H3,(H,31,39). The highest BCUT2D eigenvalue weighted by molar-refractivity contribution is 5.96. The topological polar surface area (TPSA) is 146 Å². The Labute approximate surface area is 238 Å². The van der Waals surface area contributed by atoms with Crippen molar-refractivity contribution in [2.45, 2.75) is 72.2 Å². The number of aryl methyl sites for hydroxylation is 1. The number of fused-ring (bicyclic) bond motifs is 1. The van der Waals surface area contributed by atoms with Gasteiger partial charge in [0.2, 0.25) is 5.95 Å². The van der Waals surface area contributed by atoms with Crippen molar-refractivity contribution in [2.24, 2.45) is 7.05 Å². The molecule has 0 bridgehead atoms. The highest BCUT2D eigenvalue weighted by Crippen LogP contribution is 2.24. The molecule has 41 heavy (non-hydrogen) atoms. The summed E-state index contributed by atoms with van der Waals surface area (Å²) >= 11 is 0. The van der Waals surface area contributed by atoms with Gasteiger partial charge in [-0.2, -0.15) is 4.98 Å². The lowest BCUT2D eigenvalue weighted by Crippen LogP contribution is -2.49. The Hall–Kier alpha value is -4.35. The van der Waals surface area contributed by atoms with E-state index in [0.717, 1.165) is 23.0 Å². The van der Waals surface area contributed by atoms with E-state index < -0.39 is 35.3 Å². The van der Waals surface area contributed by atoms with Gasteiger partial charge in [-0.15, -0.1) is 0 Å². The first-order valence-corrected chi connectivity index (χ1v) is 13.7. The van der Waals surface area contributed by atoms with Gasteiger partial charge in [0.15, 0.2) is 16.9 Å². The van der Waals surface area contributed by atoms with Gasteiger partial charge in [0.1, 0.15) is 5.60 Å². The van der Waals surface area contributed by atoms with E-state index in [1.165, 1.54) is 17.7 Å². The molecule has 1 saturated heterocycles. The zero-order chi connectivity index (χ0) is 30.1. The summed E-state index contributed by atoms with van der Waals surface area (Å²) in [7, 11) is 1.54. The summed E-state index contributed by atoms with van der Waals surface area (Å²) < 4.78 is 9.46. The van der Waals surface area contributed by atoms with E-state index >= 15 is 0 Å². The van der Waals surface area contributed by atoms with Gasteiger partial charge in [0.25, 0.3) is 5.56 Å². The first kappa shape index (κ1) is 29.6. The average molecular weight is 566 g/mol. The number of alkyl carbamates (subject to hydrolysis) is 1. The largest absolute Gasteiger partial charge is 0.444 e. The molecule has 1 aliphatic rings. The second kappa shape index (κ2) is 11.6. The number of imidazole rings is 1. The number of allylic oxidation sites excluding steroid dienone is 2. The predicted molar refractivity (Wildman–Crippen MR) is 158 cm³/mol. The van der Waals surface area contributed by atoms with Gasteiger partial charge < -0.3 is 25.3 Å². The van der Waals surface area contributed by atoms with Gasteiger partial charge in [-0.25, -0.2) is 9.59 Å². The van der Waals surface area contributed by atoms with E-state index in [9.17, 15) is 19.2 Å². The molecule has 1 aliphatic heterocycles. The molecule has 3 heterocycles. The fourth-order valence-corrected chi connectivity index (χ4v) is 4.89. The molecule has 220 valence electrons. The van der Waals surface area contributed by atoms with E-state index in [-0.39, 0.29) is 17.2 Å². The number of hydrogen-bond acceptors (Lipinski definition) is 8. The van der Waals surface area contributed by atoms with Crippen molar-refractivity contribution in [3.8, 4) is 0 Å². The van der Waals surface area contributed by atoms with E-state index in [2.05, 4.69) is 5.32 Å². The van der Waals surface area contributed by atoms with Gasteiger partial charge in [-0.1, -0.05) is 23.8 Å². The van der Waals surface area contributed by atoms with Crippen LogP contribution in [0.1, 0.15) is 57.8 Å². The highest BCUT2D eigenvalue weighted by Gasteiger charge is 2.29. The second-order valence-corrected chi connectivity index (χ2v) is 11.7. The number of carbonyl (C=O) groups is 2. The Bertz CT molecular complexity index is 1620. The lowest BCUT2D eigenvalue weighted by atomic mass is 10.1. The van der Waals surface area contributed by atoms with E-state index in [4.69, 9.17) is 15.5 Å². The summed E-state index contributed by atoms with van der Waals surface area (Å²) in [4.78, 5) is 59.4. The van der Waals surface area contributed by atoms with Gasteiger partial charge in [0, 0.05) is 44.0 Å². The summed E-state index contributed by atoms with van der Waals surface area (Å²) in [6.45, 7) is 10.4. The first-order valence-electron chi connectivity index (χ1n) is 13.7.